The highest BCUT2D eigenvalue weighted by molar-refractivity contribution is 5.98. The van der Waals surface area contributed by atoms with Crippen LogP contribution in [-0.2, 0) is 13.6 Å². The fraction of sp³-hybridized carbons (Fsp3) is 0.333. The Bertz CT molecular complexity index is 1250. The number of para-hydroxylation sites is 1. The van der Waals surface area contributed by atoms with Gasteiger partial charge in [0, 0.05) is 49.2 Å². The Morgan fingerprint density at radius 3 is 2.80 bits per heavy atom. The monoisotopic (exact) mass is 401 g/mol. The predicted octanol–water partition coefficient (Wildman–Crippen LogP) is 3.78. The van der Waals surface area contributed by atoms with Gasteiger partial charge in [0.1, 0.15) is 0 Å². The van der Waals surface area contributed by atoms with E-state index in [2.05, 4.69) is 46.4 Å². The molecular formula is C24H27N5O. The topological polar surface area (TPSA) is 69.1 Å². The van der Waals surface area contributed by atoms with Crippen LogP contribution in [0.4, 0.5) is 0 Å². The van der Waals surface area contributed by atoms with Crippen molar-refractivity contribution >= 4 is 27.8 Å². The number of rotatable bonds is 3. The van der Waals surface area contributed by atoms with Crippen molar-refractivity contribution < 1.29 is 4.79 Å². The lowest BCUT2D eigenvalue weighted by Gasteiger charge is -2.30. The Morgan fingerprint density at radius 2 is 2.00 bits per heavy atom. The molecule has 1 amide bonds. The molecule has 6 nitrogen and oxygen atoms in total. The normalized spacial score (nSPS) is 17.2. The number of amides is 1. The molecule has 1 aliphatic rings. The molecule has 1 atom stereocenters. The van der Waals surface area contributed by atoms with E-state index in [1.807, 2.05) is 30.1 Å². The third-order valence-corrected chi connectivity index (χ3v) is 6.23. The second-order valence-electron chi connectivity index (χ2n) is 8.18. The average Bonchev–Trinajstić information content (AvgIpc) is 3.30. The number of imidazole rings is 1. The van der Waals surface area contributed by atoms with E-state index in [1.165, 1.54) is 10.9 Å². The number of carbonyl (C=O) groups is 1. The highest BCUT2D eigenvalue weighted by Gasteiger charge is 2.23. The number of hydrogen-bond donors (Lipinski definition) is 1. The average molecular weight is 402 g/mol. The number of nitrogens with zero attached hydrogens (tertiary/aromatic N) is 4. The van der Waals surface area contributed by atoms with E-state index < -0.39 is 0 Å². The van der Waals surface area contributed by atoms with Gasteiger partial charge in [-0.05, 0) is 50.1 Å². The first-order valence-corrected chi connectivity index (χ1v) is 10.7. The third kappa shape index (κ3) is 2.99. The Morgan fingerprint density at radius 1 is 1.17 bits per heavy atom. The number of carbonyl (C=O) groups excluding carboxylic acids is 1. The highest BCUT2D eigenvalue weighted by atomic mass is 16.2. The number of fused-ring (bicyclic) bond motifs is 2. The van der Waals surface area contributed by atoms with Gasteiger partial charge in [0.15, 0.2) is 5.82 Å². The van der Waals surface area contributed by atoms with Crippen LogP contribution in [0.1, 0.15) is 30.1 Å². The van der Waals surface area contributed by atoms with Crippen molar-refractivity contribution in [2.24, 2.45) is 12.8 Å². The molecule has 154 valence electrons. The van der Waals surface area contributed by atoms with E-state index in [1.54, 1.807) is 0 Å². The Kier molecular flexibility index (Phi) is 4.59. The SMILES string of the molecule is CCn1c(-c2nc3ccc(C(=O)N4CCCC(N)C4)cc3n2C)cc2ccccc21. The first kappa shape index (κ1) is 18.9. The predicted molar refractivity (Wildman–Crippen MR) is 120 cm³/mol. The van der Waals surface area contributed by atoms with Crippen LogP contribution in [0, 0.1) is 0 Å². The van der Waals surface area contributed by atoms with Crippen LogP contribution in [0.15, 0.2) is 48.5 Å². The van der Waals surface area contributed by atoms with Crippen LogP contribution in [-0.4, -0.2) is 44.1 Å². The molecule has 1 saturated heterocycles. The molecule has 0 radical (unpaired) electrons. The zero-order chi connectivity index (χ0) is 20.8. The first-order chi connectivity index (χ1) is 14.6. The molecule has 0 aliphatic carbocycles. The number of aryl methyl sites for hydroxylation is 2. The second kappa shape index (κ2) is 7.29. The summed E-state index contributed by atoms with van der Waals surface area (Å²) in [7, 11) is 2.02. The van der Waals surface area contributed by atoms with Crippen molar-refractivity contribution in [3.05, 3.63) is 54.1 Å². The van der Waals surface area contributed by atoms with Crippen molar-refractivity contribution in [2.75, 3.05) is 13.1 Å². The number of nitrogens with two attached hydrogens (primary N) is 1. The lowest BCUT2D eigenvalue weighted by Crippen LogP contribution is -2.45. The van der Waals surface area contributed by atoms with Crippen molar-refractivity contribution in [3.63, 3.8) is 0 Å². The quantitative estimate of drug-likeness (QED) is 0.568. The maximum absolute atomic E-state index is 13.0. The molecule has 1 aliphatic heterocycles. The zero-order valence-corrected chi connectivity index (χ0v) is 17.5. The number of aromatic nitrogens is 3. The summed E-state index contributed by atoms with van der Waals surface area (Å²) in [5.74, 6) is 0.963. The maximum atomic E-state index is 13.0. The third-order valence-electron chi connectivity index (χ3n) is 6.23. The Labute approximate surface area is 175 Å². The van der Waals surface area contributed by atoms with Crippen LogP contribution in [0.3, 0.4) is 0 Å². The van der Waals surface area contributed by atoms with Crippen molar-refractivity contribution in [2.45, 2.75) is 32.4 Å². The lowest BCUT2D eigenvalue weighted by molar-refractivity contribution is 0.0709. The summed E-state index contributed by atoms with van der Waals surface area (Å²) in [4.78, 5) is 19.8. The van der Waals surface area contributed by atoms with Gasteiger partial charge in [0.2, 0.25) is 0 Å². The van der Waals surface area contributed by atoms with Gasteiger partial charge >= 0.3 is 0 Å². The molecule has 1 unspecified atom stereocenters. The number of benzene rings is 2. The summed E-state index contributed by atoms with van der Waals surface area (Å²) in [5.41, 5.74) is 10.9. The smallest absolute Gasteiger partial charge is 0.253 e. The number of hydrogen-bond acceptors (Lipinski definition) is 3. The summed E-state index contributed by atoms with van der Waals surface area (Å²) in [6, 6.07) is 16.5. The van der Waals surface area contributed by atoms with E-state index in [-0.39, 0.29) is 11.9 Å². The van der Waals surface area contributed by atoms with Gasteiger partial charge in [-0.15, -0.1) is 0 Å². The molecule has 30 heavy (non-hydrogen) atoms. The second-order valence-corrected chi connectivity index (χ2v) is 8.18. The summed E-state index contributed by atoms with van der Waals surface area (Å²) in [5, 5.41) is 1.21. The van der Waals surface area contributed by atoms with Crippen molar-refractivity contribution in [3.8, 4) is 11.5 Å². The molecule has 5 rings (SSSR count). The van der Waals surface area contributed by atoms with Gasteiger partial charge in [-0.3, -0.25) is 4.79 Å². The molecule has 1 fully saturated rings. The van der Waals surface area contributed by atoms with Gasteiger partial charge < -0.3 is 19.8 Å². The summed E-state index contributed by atoms with van der Waals surface area (Å²) >= 11 is 0. The molecule has 2 aromatic heterocycles. The molecule has 2 N–H and O–H groups in total. The van der Waals surface area contributed by atoms with E-state index in [4.69, 9.17) is 10.7 Å². The van der Waals surface area contributed by atoms with Gasteiger partial charge in [-0.1, -0.05) is 18.2 Å². The largest absolute Gasteiger partial charge is 0.338 e. The van der Waals surface area contributed by atoms with Crippen LogP contribution in [0.25, 0.3) is 33.5 Å². The molecular weight excluding hydrogens is 374 g/mol. The van der Waals surface area contributed by atoms with Crippen LogP contribution < -0.4 is 5.73 Å². The van der Waals surface area contributed by atoms with E-state index >= 15 is 0 Å². The Balaban J connectivity index is 1.58. The molecule has 6 heteroatoms. The molecule has 0 bridgehead atoms. The minimum absolute atomic E-state index is 0.0532. The zero-order valence-electron chi connectivity index (χ0n) is 17.5. The van der Waals surface area contributed by atoms with Crippen molar-refractivity contribution in [1.82, 2.24) is 19.0 Å². The fourth-order valence-electron chi connectivity index (χ4n) is 4.67. The highest BCUT2D eigenvalue weighted by Crippen LogP contribution is 2.30. The molecule has 3 heterocycles. The fourth-order valence-corrected chi connectivity index (χ4v) is 4.67. The van der Waals surface area contributed by atoms with E-state index in [9.17, 15) is 4.79 Å². The minimum Gasteiger partial charge on any atom is -0.338 e. The molecule has 0 saturated carbocycles. The first-order valence-electron chi connectivity index (χ1n) is 10.7. The van der Waals surface area contributed by atoms with E-state index in [0.717, 1.165) is 48.5 Å². The van der Waals surface area contributed by atoms with Gasteiger partial charge in [0.05, 0.1) is 16.7 Å². The van der Waals surface area contributed by atoms with E-state index in [0.29, 0.717) is 12.1 Å². The van der Waals surface area contributed by atoms with Gasteiger partial charge in [-0.25, -0.2) is 4.98 Å². The van der Waals surface area contributed by atoms with Crippen LogP contribution in [0.2, 0.25) is 0 Å². The summed E-state index contributed by atoms with van der Waals surface area (Å²) in [6.07, 6.45) is 1.95. The standard InChI is InChI=1S/C24H27N5O/c1-3-29-20-9-5-4-7-16(20)13-22(29)23-26-19-11-10-17(14-21(19)27(23)2)24(30)28-12-6-8-18(25)15-28/h4-5,7,9-11,13-14,18H,3,6,8,12,15,25H2,1-2H3. The lowest BCUT2D eigenvalue weighted by atomic mass is 10.1. The van der Waals surface area contributed by atoms with Crippen LogP contribution in [0.5, 0.6) is 0 Å². The van der Waals surface area contributed by atoms with Crippen LogP contribution >= 0.6 is 0 Å². The molecule has 2 aromatic carbocycles. The maximum Gasteiger partial charge on any atom is 0.253 e. The number of piperidine rings is 1. The van der Waals surface area contributed by atoms with Gasteiger partial charge in [0.25, 0.3) is 5.91 Å². The molecule has 4 aromatic rings. The van der Waals surface area contributed by atoms with Crippen molar-refractivity contribution in [1.29, 1.82) is 0 Å². The molecule has 0 spiro atoms. The number of likely N-dealkylation sites (tertiary alicyclic amines) is 1. The van der Waals surface area contributed by atoms with Gasteiger partial charge in [-0.2, -0.15) is 0 Å². The summed E-state index contributed by atoms with van der Waals surface area (Å²) in [6.45, 7) is 4.42. The minimum atomic E-state index is 0.0532. The Hall–Kier alpha value is -3.12. The summed E-state index contributed by atoms with van der Waals surface area (Å²) < 4.78 is 4.38.